The highest BCUT2D eigenvalue weighted by Crippen LogP contribution is 2.44. The van der Waals surface area contributed by atoms with Crippen LogP contribution in [-0.4, -0.2) is 27.0 Å². The molecule has 6 aromatic rings. The summed E-state index contributed by atoms with van der Waals surface area (Å²) in [4.78, 5) is 28.9. The molecule has 8 nitrogen and oxygen atoms in total. The Bertz CT molecular complexity index is 2220. The standard InChI is InChI=1S/C41H32ClN3O5S2/c1-26-7-5-6-10-31(26)24-50-34-21-15-30(16-22-34)37(46)35-36(29-13-19-33(20-14-29)49-23-27-8-3-2-4-9-27)45(39(48)38(35)47)40-43-44-41(52-40)51-25-28-11-17-32(42)18-12-28/h2-22,36,46H,23-25H2,1H3/b37-35+. The van der Waals surface area contributed by atoms with Crippen molar-refractivity contribution in [3.63, 3.8) is 0 Å². The maximum atomic E-state index is 13.8. The van der Waals surface area contributed by atoms with Gasteiger partial charge in [0.2, 0.25) is 5.13 Å². The van der Waals surface area contributed by atoms with Gasteiger partial charge < -0.3 is 14.6 Å². The van der Waals surface area contributed by atoms with Gasteiger partial charge in [-0.2, -0.15) is 0 Å². The normalized spacial score (nSPS) is 15.2. The molecule has 0 bridgehead atoms. The molecule has 1 atom stereocenters. The lowest BCUT2D eigenvalue weighted by atomic mass is 9.95. The maximum Gasteiger partial charge on any atom is 0.301 e. The van der Waals surface area contributed by atoms with Crippen molar-refractivity contribution in [2.24, 2.45) is 0 Å². The van der Waals surface area contributed by atoms with Crippen molar-refractivity contribution >= 4 is 57.3 Å². The van der Waals surface area contributed by atoms with Crippen LogP contribution in [0.3, 0.4) is 0 Å². The van der Waals surface area contributed by atoms with E-state index in [4.69, 9.17) is 21.1 Å². The largest absolute Gasteiger partial charge is 0.507 e. The van der Waals surface area contributed by atoms with Crippen molar-refractivity contribution in [2.45, 2.75) is 36.3 Å². The number of Topliss-reactive ketones (excluding diaryl/α,β-unsaturated/α-hetero) is 1. The van der Waals surface area contributed by atoms with E-state index in [2.05, 4.69) is 10.2 Å². The number of ketones is 1. The summed E-state index contributed by atoms with van der Waals surface area (Å²) >= 11 is 8.70. The molecule has 7 rings (SSSR count). The number of aliphatic hydroxyl groups excluding tert-OH is 1. The molecule has 52 heavy (non-hydrogen) atoms. The molecule has 1 unspecified atom stereocenters. The van der Waals surface area contributed by atoms with Crippen LogP contribution in [0.15, 0.2) is 137 Å². The number of ether oxygens (including phenoxy) is 2. The van der Waals surface area contributed by atoms with Crippen molar-refractivity contribution in [1.82, 2.24) is 10.2 Å². The molecule has 1 aromatic heterocycles. The van der Waals surface area contributed by atoms with Crippen molar-refractivity contribution in [1.29, 1.82) is 0 Å². The molecule has 1 fully saturated rings. The molecule has 2 heterocycles. The van der Waals surface area contributed by atoms with Crippen LogP contribution in [0.4, 0.5) is 5.13 Å². The number of nitrogens with zero attached hydrogens (tertiary/aromatic N) is 3. The van der Waals surface area contributed by atoms with Gasteiger partial charge in [-0.25, -0.2) is 0 Å². The van der Waals surface area contributed by atoms with E-state index in [1.807, 2.05) is 85.8 Å². The predicted octanol–water partition coefficient (Wildman–Crippen LogP) is 9.58. The molecule has 1 aliphatic rings. The molecule has 0 radical (unpaired) electrons. The van der Waals surface area contributed by atoms with Crippen LogP contribution in [0.1, 0.15) is 39.4 Å². The quantitative estimate of drug-likeness (QED) is 0.0435. The smallest absolute Gasteiger partial charge is 0.301 e. The third-order valence-electron chi connectivity index (χ3n) is 8.55. The van der Waals surface area contributed by atoms with Gasteiger partial charge in [0.1, 0.15) is 30.5 Å². The Hall–Kier alpha value is -5.42. The van der Waals surface area contributed by atoms with Crippen LogP contribution in [0.5, 0.6) is 11.5 Å². The second-order valence-electron chi connectivity index (χ2n) is 12.0. The topological polar surface area (TPSA) is 102 Å². The molecule has 1 N–H and O–H groups in total. The van der Waals surface area contributed by atoms with Crippen LogP contribution in [0.2, 0.25) is 5.02 Å². The number of anilines is 1. The first-order valence-electron chi connectivity index (χ1n) is 16.4. The van der Waals surface area contributed by atoms with Gasteiger partial charge in [0.15, 0.2) is 4.34 Å². The fourth-order valence-corrected chi connectivity index (χ4v) is 7.66. The predicted molar refractivity (Wildman–Crippen MR) is 205 cm³/mol. The Balaban J connectivity index is 1.18. The zero-order chi connectivity index (χ0) is 36.0. The number of carbonyl (C=O) groups is 2. The summed E-state index contributed by atoms with van der Waals surface area (Å²) < 4.78 is 12.6. The molecule has 5 aromatic carbocycles. The minimum absolute atomic E-state index is 0.0536. The van der Waals surface area contributed by atoms with Crippen LogP contribution < -0.4 is 14.4 Å². The molecular weight excluding hydrogens is 714 g/mol. The van der Waals surface area contributed by atoms with Crippen molar-refractivity contribution in [2.75, 3.05) is 4.90 Å². The average molecular weight is 746 g/mol. The van der Waals surface area contributed by atoms with E-state index in [1.54, 1.807) is 48.5 Å². The number of aliphatic hydroxyl groups is 1. The Kier molecular flexibility index (Phi) is 10.7. The number of halogens is 1. The molecule has 1 saturated heterocycles. The highest BCUT2D eigenvalue weighted by Gasteiger charge is 2.48. The summed E-state index contributed by atoms with van der Waals surface area (Å²) in [7, 11) is 0. The van der Waals surface area contributed by atoms with Crippen molar-refractivity contribution in [3.05, 3.63) is 171 Å². The lowest BCUT2D eigenvalue weighted by Crippen LogP contribution is -2.29. The third kappa shape index (κ3) is 7.89. The lowest BCUT2D eigenvalue weighted by molar-refractivity contribution is -0.132. The van der Waals surface area contributed by atoms with E-state index >= 15 is 0 Å². The Labute approximate surface area is 314 Å². The number of hydrogen-bond acceptors (Lipinski definition) is 9. The highest BCUT2D eigenvalue weighted by atomic mass is 35.5. The SMILES string of the molecule is Cc1ccccc1COc1ccc(/C(O)=C2\C(=O)C(=O)N(c3nnc(SCc4ccc(Cl)cc4)s3)C2c2ccc(OCc3ccccc3)cc2)cc1. The fourth-order valence-electron chi connectivity index (χ4n) is 5.71. The third-order valence-corrected chi connectivity index (χ3v) is 10.9. The number of aryl methyl sites for hydroxylation is 1. The average Bonchev–Trinajstić information content (AvgIpc) is 3.75. The van der Waals surface area contributed by atoms with Crippen LogP contribution in [0.25, 0.3) is 5.76 Å². The zero-order valence-corrected chi connectivity index (χ0v) is 30.3. The van der Waals surface area contributed by atoms with Gasteiger partial charge in [0.05, 0.1) is 11.6 Å². The summed E-state index contributed by atoms with van der Waals surface area (Å²) in [6, 6.07) is 38.3. The Morgan fingerprint density at radius 1 is 0.788 bits per heavy atom. The number of aromatic nitrogens is 2. The van der Waals surface area contributed by atoms with E-state index in [-0.39, 0.29) is 16.5 Å². The number of carbonyl (C=O) groups excluding carboxylic acids is 2. The fraction of sp³-hybridized carbons (Fsp3) is 0.122. The molecule has 260 valence electrons. The summed E-state index contributed by atoms with van der Waals surface area (Å²) in [5.41, 5.74) is 5.17. The van der Waals surface area contributed by atoms with Gasteiger partial charge in [-0.1, -0.05) is 114 Å². The highest BCUT2D eigenvalue weighted by molar-refractivity contribution is 8.00. The van der Waals surface area contributed by atoms with Gasteiger partial charge in [-0.3, -0.25) is 14.5 Å². The van der Waals surface area contributed by atoms with E-state index < -0.39 is 17.7 Å². The van der Waals surface area contributed by atoms with E-state index in [0.29, 0.717) is 51.0 Å². The Morgan fingerprint density at radius 2 is 1.44 bits per heavy atom. The molecule has 0 spiro atoms. The number of hydrogen-bond donors (Lipinski definition) is 1. The van der Waals surface area contributed by atoms with Crippen LogP contribution >= 0.6 is 34.7 Å². The second-order valence-corrected chi connectivity index (χ2v) is 14.6. The van der Waals surface area contributed by atoms with E-state index in [0.717, 1.165) is 22.3 Å². The number of rotatable bonds is 12. The zero-order valence-electron chi connectivity index (χ0n) is 27.9. The number of amides is 1. The van der Waals surface area contributed by atoms with Gasteiger partial charge in [0, 0.05) is 16.3 Å². The minimum Gasteiger partial charge on any atom is -0.507 e. The van der Waals surface area contributed by atoms with Crippen LogP contribution in [-0.2, 0) is 28.6 Å². The maximum absolute atomic E-state index is 13.8. The molecule has 1 aliphatic heterocycles. The second kappa shape index (κ2) is 15.9. The number of thioether (sulfide) groups is 1. The first-order valence-corrected chi connectivity index (χ1v) is 18.6. The molecule has 0 saturated carbocycles. The summed E-state index contributed by atoms with van der Waals surface area (Å²) in [5.74, 6) is -0.106. The van der Waals surface area contributed by atoms with Gasteiger partial charge in [0.25, 0.3) is 5.78 Å². The Morgan fingerprint density at radius 3 is 2.15 bits per heavy atom. The van der Waals surface area contributed by atoms with Gasteiger partial charge in [-0.15, -0.1) is 10.2 Å². The summed E-state index contributed by atoms with van der Waals surface area (Å²) in [6.07, 6.45) is 0. The monoisotopic (exact) mass is 745 g/mol. The summed E-state index contributed by atoms with van der Waals surface area (Å²) in [6.45, 7) is 2.79. The molecule has 11 heteroatoms. The first-order chi connectivity index (χ1) is 25.3. The minimum atomic E-state index is -0.970. The van der Waals surface area contributed by atoms with Gasteiger partial charge in [-0.05, 0) is 83.3 Å². The molecule has 0 aliphatic carbocycles. The van der Waals surface area contributed by atoms with Crippen molar-refractivity contribution in [3.8, 4) is 11.5 Å². The van der Waals surface area contributed by atoms with Gasteiger partial charge >= 0.3 is 5.91 Å². The van der Waals surface area contributed by atoms with E-state index in [9.17, 15) is 14.7 Å². The van der Waals surface area contributed by atoms with Crippen LogP contribution in [0, 0.1) is 6.92 Å². The summed E-state index contributed by atoms with van der Waals surface area (Å²) in [5, 5.41) is 21.3. The molecular formula is C41H32ClN3O5S2. The van der Waals surface area contributed by atoms with Crippen molar-refractivity contribution < 1.29 is 24.2 Å². The lowest BCUT2D eigenvalue weighted by Gasteiger charge is -2.22. The number of benzene rings is 5. The molecule has 1 amide bonds. The van der Waals surface area contributed by atoms with E-state index in [1.165, 1.54) is 28.0 Å². The first kappa shape index (κ1) is 35.0.